The fourth-order valence-electron chi connectivity index (χ4n) is 3.39. The first-order chi connectivity index (χ1) is 11.9. The maximum absolute atomic E-state index is 13.2. The lowest BCUT2D eigenvalue weighted by Crippen LogP contribution is -2.48. The van der Waals surface area contributed by atoms with Crippen LogP contribution in [0, 0.1) is 0 Å². The third-order valence-electron chi connectivity index (χ3n) is 4.55. The highest BCUT2D eigenvalue weighted by atomic mass is 19.4. The Morgan fingerprint density at radius 1 is 1.32 bits per heavy atom. The van der Waals surface area contributed by atoms with Crippen LogP contribution in [0.3, 0.4) is 0 Å². The molecule has 1 atom stereocenters. The van der Waals surface area contributed by atoms with Crippen LogP contribution in [0.25, 0.3) is 10.9 Å². The molecule has 0 bridgehead atoms. The van der Waals surface area contributed by atoms with Crippen LogP contribution < -0.4 is 0 Å². The van der Waals surface area contributed by atoms with E-state index < -0.39 is 18.2 Å². The van der Waals surface area contributed by atoms with Crippen molar-refractivity contribution < 1.29 is 22.7 Å². The Hall–Kier alpha value is -2.02. The number of esters is 1. The number of benzene rings is 1. The molecule has 0 saturated carbocycles. The molecule has 1 fully saturated rings. The monoisotopic (exact) mass is 354 g/mol. The number of halogens is 3. The first-order valence-electron chi connectivity index (χ1n) is 8.48. The van der Waals surface area contributed by atoms with Crippen LogP contribution in [0.4, 0.5) is 13.2 Å². The van der Waals surface area contributed by atoms with Crippen LogP contribution in [-0.2, 0) is 11.3 Å². The molecule has 1 aromatic heterocycles. The highest BCUT2D eigenvalue weighted by Gasteiger charge is 2.44. The lowest BCUT2D eigenvalue weighted by Gasteiger charge is -2.36. The van der Waals surface area contributed by atoms with Gasteiger partial charge in [-0.3, -0.25) is 4.90 Å². The van der Waals surface area contributed by atoms with E-state index in [2.05, 4.69) is 4.98 Å². The van der Waals surface area contributed by atoms with E-state index in [9.17, 15) is 18.0 Å². The molecule has 136 valence electrons. The summed E-state index contributed by atoms with van der Waals surface area (Å²) < 4.78 is 44.6. The fraction of sp³-hybridized carbons (Fsp3) is 0.500. The van der Waals surface area contributed by atoms with E-state index in [-0.39, 0.29) is 13.0 Å². The number of nitrogens with zero attached hydrogens (tertiary/aromatic N) is 1. The Morgan fingerprint density at radius 2 is 2.12 bits per heavy atom. The van der Waals surface area contributed by atoms with Crippen molar-refractivity contribution in [2.24, 2.45) is 0 Å². The summed E-state index contributed by atoms with van der Waals surface area (Å²) in [4.78, 5) is 16.4. The van der Waals surface area contributed by atoms with E-state index in [4.69, 9.17) is 4.74 Å². The number of H-pyrrole nitrogens is 1. The highest BCUT2D eigenvalue weighted by Crippen LogP contribution is 2.33. The Morgan fingerprint density at radius 3 is 2.84 bits per heavy atom. The molecule has 1 aliphatic rings. The van der Waals surface area contributed by atoms with Crippen molar-refractivity contribution in [3.8, 4) is 0 Å². The standard InChI is InChI=1S/C18H21F3N2O2/c1-2-25-17(24)12-6-7-15-13(9-12)10-14(22-15)11-23-8-4-3-5-16(23)18(19,20)21/h6-7,9-10,16,22H,2-5,8,11H2,1H3. The van der Waals surface area contributed by atoms with Crippen LogP contribution in [0.1, 0.15) is 42.2 Å². The van der Waals surface area contributed by atoms with E-state index in [1.54, 1.807) is 31.2 Å². The largest absolute Gasteiger partial charge is 0.462 e. The molecule has 2 heterocycles. The maximum atomic E-state index is 13.2. The Bertz CT molecular complexity index is 754. The zero-order chi connectivity index (χ0) is 18.0. The number of hydrogen-bond donors (Lipinski definition) is 1. The summed E-state index contributed by atoms with van der Waals surface area (Å²) in [6, 6.07) is 5.52. The predicted molar refractivity (Wildman–Crippen MR) is 88.4 cm³/mol. The number of fused-ring (bicyclic) bond motifs is 1. The van der Waals surface area contributed by atoms with Gasteiger partial charge in [-0.15, -0.1) is 0 Å². The van der Waals surface area contributed by atoms with Crippen LogP contribution in [0.15, 0.2) is 24.3 Å². The molecule has 0 radical (unpaired) electrons. The van der Waals surface area contributed by atoms with Gasteiger partial charge in [0.25, 0.3) is 0 Å². The van der Waals surface area contributed by atoms with E-state index in [0.717, 1.165) is 17.3 Å². The Kier molecular flexibility index (Phi) is 5.03. The first kappa shape index (κ1) is 17.8. The van der Waals surface area contributed by atoms with Crippen molar-refractivity contribution in [1.29, 1.82) is 0 Å². The molecule has 7 heteroatoms. The lowest BCUT2D eigenvalue weighted by atomic mass is 10.0. The molecular weight excluding hydrogens is 333 g/mol. The van der Waals surface area contributed by atoms with E-state index in [1.165, 1.54) is 4.90 Å². The second-order valence-electron chi connectivity index (χ2n) is 6.34. The predicted octanol–water partition coefficient (Wildman–Crippen LogP) is 4.26. The Balaban J connectivity index is 1.80. The summed E-state index contributed by atoms with van der Waals surface area (Å²) in [6.07, 6.45) is -2.67. The summed E-state index contributed by atoms with van der Waals surface area (Å²) in [7, 11) is 0. The third kappa shape index (κ3) is 3.98. The van der Waals surface area contributed by atoms with Crippen molar-refractivity contribution in [3.63, 3.8) is 0 Å². The van der Waals surface area contributed by atoms with Crippen LogP contribution in [0.2, 0.25) is 0 Å². The molecule has 25 heavy (non-hydrogen) atoms. The quantitative estimate of drug-likeness (QED) is 0.835. The van der Waals surface area contributed by atoms with Crippen molar-refractivity contribution in [3.05, 3.63) is 35.5 Å². The van der Waals surface area contributed by atoms with Gasteiger partial charge in [0.05, 0.1) is 12.2 Å². The van der Waals surface area contributed by atoms with Crippen LogP contribution >= 0.6 is 0 Å². The van der Waals surface area contributed by atoms with Gasteiger partial charge in [-0.1, -0.05) is 6.42 Å². The van der Waals surface area contributed by atoms with Gasteiger partial charge in [-0.25, -0.2) is 4.79 Å². The van der Waals surface area contributed by atoms with Gasteiger partial charge in [-0.05, 0) is 50.6 Å². The number of likely N-dealkylation sites (tertiary alicyclic amines) is 1. The van der Waals surface area contributed by atoms with Gasteiger partial charge in [0.1, 0.15) is 6.04 Å². The maximum Gasteiger partial charge on any atom is 0.404 e. The fourth-order valence-corrected chi connectivity index (χ4v) is 3.39. The highest BCUT2D eigenvalue weighted by molar-refractivity contribution is 5.94. The van der Waals surface area contributed by atoms with Gasteiger partial charge in [0.2, 0.25) is 0 Å². The number of ether oxygens (including phenoxy) is 1. The smallest absolute Gasteiger partial charge is 0.404 e. The number of carbonyl (C=O) groups excluding carboxylic acids is 1. The van der Waals surface area contributed by atoms with E-state index >= 15 is 0 Å². The van der Waals surface area contributed by atoms with Crippen LogP contribution in [-0.4, -0.2) is 41.2 Å². The number of carbonyl (C=O) groups is 1. The van der Waals surface area contributed by atoms with Gasteiger partial charge < -0.3 is 9.72 Å². The number of alkyl halides is 3. The molecule has 0 spiro atoms. The minimum atomic E-state index is -4.20. The second-order valence-corrected chi connectivity index (χ2v) is 6.34. The molecule has 1 N–H and O–H groups in total. The zero-order valence-electron chi connectivity index (χ0n) is 14.0. The number of aromatic nitrogens is 1. The summed E-state index contributed by atoms with van der Waals surface area (Å²) >= 11 is 0. The van der Waals surface area contributed by atoms with Gasteiger partial charge in [0, 0.05) is 23.1 Å². The van der Waals surface area contributed by atoms with Gasteiger partial charge in [-0.2, -0.15) is 13.2 Å². The average molecular weight is 354 g/mol. The van der Waals surface area contributed by atoms with Crippen LogP contribution in [0.5, 0.6) is 0 Å². The molecule has 4 nitrogen and oxygen atoms in total. The summed E-state index contributed by atoms with van der Waals surface area (Å²) in [5, 5.41) is 0.793. The number of aromatic amines is 1. The average Bonchev–Trinajstić information content (AvgIpc) is 2.95. The Labute approximate surface area is 143 Å². The molecule has 1 aliphatic heterocycles. The van der Waals surface area contributed by atoms with E-state index in [0.29, 0.717) is 30.8 Å². The number of nitrogens with one attached hydrogen (secondary N) is 1. The molecule has 1 aromatic carbocycles. The first-order valence-corrected chi connectivity index (χ1v) is 8.48. The van der Waals surface area contributed by atoms with Crippen molar-refractivity contribution in [2.45, 2.75) is 44.9 Å². The van der Waals surface area contributed by atoms with Crippen molar-refractivity contribution >= 4 is 16.9 Å². The molecule has 1 saturated heterocycles. The zero-order valence-corrected chi connectivity index (χ0v) is 14.0. The molecular formula is C18H21F3N2O2. The molecule has 1 unspecified atom stereocenters. The lowest BCUT2D eigenvalue weighted by molar-refractivity contribution is -0.192. The molecule has 0 aliphatic carbocycles. The summed E-state index contributed by atoms with van der Waals surface area (Å²) in [5.41, 5.74) is 1.95. The molecule has 0 amide bonds. The number of rotatable bonds is 4. The van der Waals surface area contributed by atoms with Crippen molar-refractivity contribution in [1.82, 2.24) is 9.88 Å². The normalized spacial score (nSPS) is 19.3. The van der Waals surface area contributed by atoms with Gasteiger partial charge in [0.15, 0.2) is 0 Å². The second kappa shape index (κ2) is 7.07. The summed E-state index contributed by atoms with van der Waals surface area (Å²) in [6.45, 7) is 2.69. The van der Waals surface area contributed by atoms with Gasteiger partial charge >= 0.3 is 12.1 Å². The molecule has 3 rings (SSSR count). The third-order valence-corrected chi connectivity index (χ3v) is 4.55. The minimum absolute atomic E-state index is 0.150. The van der Waals surface area contributed by atoms with E-state index in [1.807, 2.05) is 0 Å². The SMILES string of the molecule is CCOC(=O)c1ccc2[nH]c(CN3CCCCC3C(F)(F)F)cc2c1. The minimum Gasteiger partial charge on any atom is -0.462 e. The molecule has 2 aromatic rings. The summed E-state index contributed by atoms with van der Waals surface area (Å²) in [5.74, 6) is -0.402. The number of hydrogen-bond acceptors (Lipinski definition) is 3. The number of piperidine rings is 1. The topological polar surface area (TPSA) is 45.3 Å². The van der Waals surface area contributed by atoms with Crippen molar-refractivity contribution in [2.75, 3.05) is 13.2 Å².